The van der Waals surface area contributed by atoms with Crippen molar-refractivity contribution in [1.29, 1.82) is 0 Å². The van der Waals surface area contributed by atoms with Crippen molar-refractivity contribution in [3.63, 3.8) is 0 Å². The molecule has 0 aromatic carbocycles. The van der Waals surface area contributed by atoms with E-state index in [1.807, 2.05) is 0 Å². The molecule has 0 aromatic heterocycles. The molecule has 1 atom stereocenters. The summed E-state index contributed by atoms with van der Waals surface area (Å²) < 4.78 is 4.68. The molecule has 1 heterocycles. The van der Waals surface area contributed by atoms with Gasteiger partial charge in [-0.1, -0.05) is 12.8 Å². The number of hydrogen-bond acceptors (Lipinski definition) is 4. The van der Waals surface area contributed by atoms with Crippen LogP contribution in [0.3, 0.4) is 0 Å². The molecule has 1 aliphatic carbocycles. The van der Waals surface area contributed by atoms with Gasteiger partial charge in [-0.25, -0.2) is 4.79 Å². The summed E-state index contributed by atoms with van der Waals surface area (Å²) in [5.74, 6) is -1.35. The minimum atomic E-state index is -0.562. The molecule has 0 N–H and O–H groups in total. The molecule has 2 aliphatic rings. The van der Waals surface area contributed by atoms with E-state index in [0.717, 1.165) is 32.1 Å². The summed E-state index contributed by atoms with van der Waals surface area (Å²) in [6.07, 6.45) is 5.00. The van der Waals surface area contributed by atoms with Crippen LogP contribution in [0.1, 0.15) is 38.5 Å². The molecule has 5 nitrogen and oxygen atoms in total. The molecule has 0 bridgehead atoms. The van der Waals surface area contributed by atoms with Gasteiger partial charge in [-0.3, -0.25) is 9.59 Å². The predicted molar refractivity (Wildman–Crippen MR) is 63.7 cm³/mol. The van der Waals surface area contributed by atoms with Crippen molar-refractivity contribution in [1.82, 2.24) is 4.90 Å². The number of esters is 1. The van der Waals surface area contributed by atoms with Gasteiger partial charge in [0.2, 0.25) is 5.78 Å². The van der Waals surface area contributed by atoms with Crippen molar-refractivity contribution in [2.24, 2.45) is 5.92 Å². The third kappa shape index (κ3) is 2.40. The van der Waals surface area contributed by atoms with Gasteiger partial charge in [-0.05, 0) is 25.7 Å². The van der Waals surface area contributed by atoms with Crippen molar-refractivity contribution >= 4 is 17.7 Å². The lowest BCUT2D eigenvalue weighted by molar-refractivity contribution is -0.154. The lowest BCUT2D eigenvalue weighted by Crippen LogP contribution is -2.45. The molecule has 0 radical (unpaired) electrons. The van der Waals surface area contributed by atoms with Crippen LogP contribution in [0, 0.1) is 5.92 Å². The Morgan fingerprint density at radius 1 is 1.06 bits per heavy atom. The average Bonchev–Trinajstić information content (AvgIpc) is 3.06. The number of amides is 1. The van der Waals surface area contributed by atoms with Gasteiger partial charge in [0.05, 0.1) is 7.11 Å². The molecule has 18 heavy (non-hydrogen) atoms. The molecule has 1 aliphatic heterocycles. The highest BCUT2D eigenvalue weighted by molar-refractivity contribution is 6.37. The minimum absolute atomic E-state index is 0.128. The Hall–Kier alpha value is -1.39. The van der Waals surface area contributed by atoms with E-state index in [0.29, 0.717) is 13.0 Å². The van der Waals surface area contributed by atoms with Crippen LogP contribution < -0.4 is 0 Å². The molecule has 2 fully saturated rings. The van der Waals surface area contributed by atoms with Gasteiger partial charge in [0, 0.05) is 12.5 Å². The summed E-state index contributed by atoms with van der Waals surface area (Å²) in [5, 5.41) is 0. The third-order valence-electron chi connectivity index (χ3n) is 3.92. The molecule has 0 unspecified atom stereocenters. The molecule has 0 spiro atoms. The number of likely N-dealkylation sites (tertiary alicyclic amines) is 1. The van der Waals surface area contributed by atoms with E-state index in [-0.39, 0.29) is 11.7 Å². The quantitative estimate of drug-likeness (QED) is 0.554. The van der Waals surface area contributed by atoms with Crippen molar-refractivity contribution in [3.05, 3.63) is 0 Å². The number of rotatable bonds is 3. The maximum Gasteiger partial charge on any atom is 0.328 e. The average molecular weight is 253 g/mol. The highest BCUT2D eigenvalue weighted by Gasteiger charge is 2.39. The summed E-state index contributed by atoms with van der Waals surface area (Å²) in [5.41, 5.74) is 0. The molecule has 1 amide bonds. The molecule has 2 rings (SSSR count). The van der Waals surface area contributed by atoms with E-state index in [1.54, 1.807) is 0 Å². The Bertz CT molecular complexity index is 360. The second-order valence-corrected chi connectivity index (χ2v) is 5.03. The second-order valence-electron chi connectivity index (χ2n) is 5.03. The van der Waals surface area contributed by atoms with Crippen LogP contribution in [0.4, 0.5) is 0 Å². The maximum absolute atomic E-state index is 12.1. The number of ketones is 1. The summed E-state index contributed by atoms with van der Waals surface area (Å²) in [6, 6.07) is -0.562. The standard InChI is InChI=1S/C13H19NO4/c1-18-13(17)10-7-4-8-14(10)12(16)11(15)9-5-2-3-6-9/h9-10H,2-8H2,1H3/t10-/m0/s1. The van der Waals surface area contributed by atoms with E-state index in [4.69, 9.17) is 0 Å². The number of methoxy groups -OCH3 is 1. The maximum atomic E-state index is 12.1. The fourth-order valence-corrected chi connectivity index (χ4v) is 2.90. The Labute approximate surface area is 106 Å². The Kier molecular flexibility index (Phi) is 3.99. The normalized spacial score (nSPS) is 24.3. The van der Waals surface area contributed by atoms with E-state index in [2.05, 4.69) is 4.74 Å². The monoisotopic (exact) mass is 253 g/mol. The van der Waals surface area contributed by atoms with Gasteiger partial charge in [0.25, 0.3) is 5.91 Å². The zero-order chi connectivity index (χ0) is 13.1. The summed E-state index contributed by atoms with van der Waals surface area (Å²) >= 11 is 0. The Morgan fingerprint density at radius 2 is 1.72 bits per heavy atom. The first-order chi connectivity index (χ1) is 8.65. The van der Waals surface area contributed by atoms with Crippen LogP contribution in [0.5, 0.6) is 0 Å². The largest absolute Gasteiger partial charge is 0.467 e. The van der Waals surface area contributed by atoms with Crippen LogP contribution >= 0.6 is 0 Å². The van der Waals surface area contributed by atoms with Crippen molar-refractivity contribution in [3.8, 4) is 0 Å². The number of carbonyl (C=O) groups excluding carboxylic acids is 3. The first-order valence-corrected chi connectivity index (χ1v) is 6.57. The highest BCUT2D eigenvalue weighted by Crippen LogP contribution is 2.27. The second kappa shape index (κ2) is 5.50. The van der Waals surface area contributed by atoms with Gasteiger partial charge in [0.15, 0.2) is 0 Å². The highest BCUT2D eigenvalue weighted by atomic mass is 16.5. The van der Waals surface area contributed by atoms with Gasteiger partial charge in [0.1, 0.15) is 6.04 Å². The first-order valence-electron chi connectivity index (χ1n) is 6.57. The van der Waals surface area contributed by atoms with Gasteiger partial charge in [-0.15, -0.1) is 0 Å². The molecule has 100 valence electrons. The Morgan fingerprint density at radius 3 is 2.33 bits per heavy atom. The van der Waals surface area contributed by atoms with E-state index in [9.17, 15) is 14.4 Å². The number of nitrogens with zero attached hydrogens (tertiary/aromatic N) is 1. The fraction of sp³-hybridized carbons (Fsp3) is 0.769. The van der Waals surface area contributed by atoms with E-state index < -0.39 is 17.9 Å². The van der Waals surface area contributed by atoms with Gasteiger partial charge >= 0.3 is 5.97 Å². The number of Topliss-reactive ketones (excluding diaryl/α,β-unsaturated/α-hetero) is 1. The topological polar surface area (TPSA) is 63.7 Å². The number of hydrogen-bond donors (Lipinski definition) is 0. The van der Waals surface area contributed by atoms with E-state index >= 15 is 0 Å². The number of ether oxygens (including phenoxy) is 1. The number of carbonyl (C=O) groups is 3. The SMILES string of the molecule is COC(=O)[C@@H]1CCCN1C(=O)C(=O)C1CCCC1. The van der Waals surface area contributed by atoms with Crippen molar-refractivity contribution in [2.75, 3.05) is 13.7 Å². The lowest BCUT2D eigenvalue weighted by atomic mass is 10.0. The zero-order valence-electron chi connectivity index (χ0n) is 10.7. The molecule has 0 aromatic rings. The van der Waals surface area contributed by atoms with E-state index in [1.165, 1.54) is 12.0 Å². The molecule has 1 saturated carbocycles. The third-order valence-corrected chi connectivity index (χ3v) is 3.92. The minimum Gasteiger partial charge on any atom is -0.467 e. The molecular formula is C13H19NO4. The van der Waals surface area contributed by atoms with Crippen molar-refractivity contribution < 1.29 is 19.1 Å². The van der Waals surface area contributed by atoms with Crippen LogP contribution in [-0.4, -0.2) is 42.3 Å². The zero-order valence-corrected chi connectivity index (χ0v) is 10.7. The molecule has 1 saturated heterocycles. The van der Waals surface area contributed by atoms with Gasteiger partial charge < -0.3 is 9.64 Å². The summed E-state index contributed by atoms with van der Waals surface area (Å²) in [4.78, 5) is 37.1. The summed E-state index contributed by atoms with van der Waals surface area (Å²) in [7, 11) is 1.31. The van der Waals surface area contributed by atoms with Crippen LogP contribution in [-0.2, 0) is 19.1 Å². The lowest BCUT2D eigenvalue weighted by Gasteiger charge is -2.23. The smallest absolute Gasteiger partial charge is 0.328 e. The van der Waals surface area contributed by atoms with Crippen LogP contribution in [0.25, 0.3) is 0 Å². The fourth-order valence-electron chi connectivity index (χ4n) is 2.90. The molecule has 5 heteroatoms. The Balaban J connectivity index is 2.03. The van der Waals surface area contributed by atoms with Crippen LogP contribution in [0.15, 0.2) is 0 Å². The van der Waals surface area contributed by atoms with Crippen molar-refractivity contribution in [2.45, 2.75) is 44.6 Å². The van der Waals surface area contributed by atoms with Crippen LogP contribution in [0.2, 0.25) is 0 Å². The predicted octanol–water partition coefficient (Wildman–Crippen LogP) is 0.910. The summed E-state index contributed by atoms with van der Waals surface area (Å²) in [6.45, 7) is 0.483. The molecular weight excluding hydrogens is 234 g/mol. The van der Waals surface area contributed by atoms with Gasteiger partial charge in [-0.2, -0.15) is 0 Å². The first kappa shape index (κ1) is 13.1.